The van der Waals surface area contributed by atoms with Crippen LogP contribution in [0.2, 0.25) is 0 Å². The van der Waals surface area contributed by atoms with Gasteiger partial charge in [0.05, 0.1) is 36.8 Å². The van der Waals surface area contributed by atoms with E-state index >= 15 is 0 Å². The van der Waals surface area contributed by atoms with Crippen LogP contribution in [-0.2, 0) is 20.9 Å². The summed E-state index contributed by atoms with van der Waals surface area (Å²) in [5.74, 6) is 0.0319. The molecule has 0 N–H and O–H groups in total. The van der Waals surface area contributed by atoms with Crippen molar-refractivity contribution in [3.63, 3.8) is 0 Å². The standard InChI is InChI=1S/C19H20F3N3O3S/c1-24(29(26,27)17-5-3-2-4-6-17)18(23-25-11-13-28-14-12-25)15-7-9-16(10-8-15)19(20,21)22/h2-10H,11-14H2,1H3/b23-18+. The van der Waals surface area contributed by atoms with E-state index in [4.69, 9.17) is 4.74 Å². The minimum absolute atomic E-state index is 0.0319. The Morgan fingerprint density at radius 2 is 1.62 bits per heavy atom. The predicted molar refractivity (Wildman–Crippen MR) is 102 cm³/mol. The predicted octanol–water partition coefficient (Wildman–Crippen LogP) is 3.02. The number of hydrogen-bond acceptors (Lipinski definition) is 5. The molecule has 1 fully saturated rings. The highest BCUT2D eigenvalue weighted by Gasteiger charge is 2.31. The molecule has 0 amide bonds. The third-order valence-electron chi connectivity index (χ3n) is 4.39. The fourth-order valence-corrected chi connectivity index (χ4v) is 3.95. The Morgan fingerprint density at radius 3 is 2.17 bits per heavy atom. The van der Waals surface area contributed by atoms with Crippen molar-refractivity contribution in [1.82, 2.24) is 9.31 Å². The fourth-order valence-electron chi connectivity index (χ4n) is 2.76. The number of halogens is 3. The molecule has 0 bridgehead atoms. The number of alkyl halides is 3. The van der Waals surface area contributed by atoms with E-state index < -0.39 is 21.8 Å². The van der Waals surface area contributed by atoms with Crippen molar-refractivity contribution in [3.05, 3.63) is 65.7 Å². The number of hydrogen-bond donors (Lipinski definition) is 0. The molecule has 29 heavy (non-hydrogen) atoms. The molecule has 0 radical (unpaired) electrons. The lowest BCUT2D eigenvalue weighted by Gasteiger charge is -2.28. The van der Waals surface area contributed by atoms with Gasteiger partial charge in [0.25, 0.3) is 10.0 Å². The van der Waals surface area contributed by atoms with Crippen LogP contribution in [0.5, 0.6) is 0 Å². The van der Waals surface area contributed by atoms with Crippen LogP contribution in [0.4, 0.5) is 13.2 Å². The van der Waals surface area contributed by atoms with E-state index in [-0.39, 0.29) is 16.3 Å². The fraction of sp³-hybridized carbons (Fsp3) is 0.316. The van der Waals surface area contributed by atoms with Crippen LogP contribution in [0.25, 0.3) is 0 Å². The number of hydrazone groups is 1. The molecule has 2 aromatic carbocycles. The maximum absolute atomic E-state index is 13.0. The molecule has 0 atom stereocenters. The van der Waals surface area contributed by atoms with E-state index in [0.717, 1.165) is 16.4 Å². The van der Waals surface area contributed by atoms with Crippen LogP contribution in [0.1, 0.15) is 11.1 Å². The summed E-state index contributed by atoms with van der Waals surface area (Å²) in [4.78, 5) is 0.0593. The first-order chi connectivity index (χ1) is 13.7. The molecule has 1 aliphatic heterocycles. The van der Waals surface area contributed by atoms with E-state index in [0.29, 0.717) is 26.3 Å². The smallest absolute Gasteiger partial charge is 0.378 e. The Labute approximate surface area is 167 Å². The number of rotatable bonds is 4. The molecule has 1 aliphatic rings. The van der Waals surface area contributed by atoms with Crippen molar-refractivity contribution >= 4 is 15.9 Å². The molecule has 0 saturated carbocycles. The largest absolute Gasteiger partial charge is 0.416 e. The van der Waals surface area contributed by atoms with E-state index in [1.807, 2.05) is 0 Å². The van der Waals surface area contributed by atoms with Gasteiger partial charge in [-0.05, 0) is 24.3 Å². The first-order valence-electron chi connectivity index (χ1n) is 8.82. The molecule has 3 rings (SSSR count). The highest BCUT2D eigenvalue weighted by Crippen LogP contribution is 2.29. The van der Waals surface area contributed by atoms with Gasteiger partial charge in [0.2, 0.25) is 0 Å². The Kier molecular flexibility index (Phi) is 6.13. The SMILES string of the molecule is CN(/C(=N/N1CCOCC1)c1ccc(C(F)(F)F)cc1)S(=O)(=O)c1ccccc1. The molecule has 6 nitrogen and oxygen atoms in total. The topological polar surface area (TPSA) is 62.2 Å². The van der Waals surface area contributed by atoms with Crippen molar-refractivity contribution in [2.45, 2.75) is 11.1 Å². The molecule has 10 heteroatoms. The summed E-state index contributed by atoms with van der Waals surface area (Å²) in [5, 5.41) is 6.07. The van der Waals surface area contributed by atoms with E-state index in [1.54, 1.807) is 23.2 Å². The van der Waals surface area contributed by atoms with Gasteiger partial charge in [-0.2, -0.15) is 18.3 Å². The first kappa shape index (κ1) is 21.1. The maximum atomic E-state index is 13.0. The minimum Gasteiger partial charge on any atom is -0.378 e. The molecular formula is C19H20F3N3O3S. The van der Waals surface area contributed by atoms with Crippen molar-refractivity contribution in [1.29, 1.82) is 0 Å². The van der Waals surface area contributed by atoms with Crippen LogP contribution in [0.15, 0.2) is 64.6 Å². The quantitative estimate of drug-likeness (QED) is 0.556. The third-order valence-corrected chi connectivity index (χ3v) is 6.16. The van der Waals surface area contributed by atoms with E-state index in [1.165, 1.54) is 31.3 Å². The molecule has 2 aromatic rings. The minimum atomic E-state index is -4.48. The maximum Gasteiger partial charge on any atom is 0.416 e. The Balaban J connectivity index is 2.02. The van der Waals surface area contributed by atoms with Gasteiger partial charge in [0, 0.05) is 12.6 Å². The van der Waals surface area contributed by atoms with Gasteiger partial charge in [-0.3, -0.25) is 9.31 Å². The normalized spacial score (nSPS) is 16.0. The van der Waals surface area contributed by atoms with Crippen LogP contribution in [-0.4, -0.2) is 56.9 Å². The number of nitrogens with zero attached hydrogens (tertiary/aromatic N) is 3. The molecular weight excluding hydrogens is 407 g/mol. The number of morpholine rings is 1. The molecule has 0 spiro atoms. The lowest BCUT2D eigenvalue weighted by Crippen LogP contribution is -2.39. The van der Waals surface area contributed by atoms with Gasteiger partial charge in [0.1, 0.15) is 0 Å². The van der Waals surface area contributed by atoms with Gasteiger partial charge in [-0.25, -0.2) is 8.42 Å². The van der Waals surface area contributed by atoms with E-state index in [2.05, 4.69) is 5.10 Å². The van der Waals surface area contributed by atoms with Gasteiger partial charge in [-0.1, -0.05) is 30.3 Å². The second-order valence-electron chi connectivity index (χ2n) is 6.35. The zero-order valence-corrected chi connectivity index (χ0v) is 16.4. The summed E-state index contributed by atoms with van der Waals surface area (Å²) in [6.45, 7) is 1.75. The molecule has 0 aromatic heterocycles. The van der Waals surface area contributed by atoms with E-state index in [9.17, 15) is 21.6 Å². The van der Waals surface area contributed by atoms with Crippen LogP contribution in [0, 0.1) is 0 Å². The third kappa shape index (κ3) is 4.88. The molecule has 0 aliphatic carbocycles. The summed E-state index contributed by atoms with van der Waals surface area (Å²) in [6, 6.07) is 12.0. The van der Waals surface area contributed by atoms with Crippen LogP contribution in [0.3, 0.4) is 0 Å². The average molecular weight is 427 g/mol. The van der Waals surface area contributed by atoms with Crippen LogP contribution >= 0.6 is 0 Å². The lowest BCUT2D eigenvalue weighted by atomic mass is 10.1. The molecule has 1 saturated heterocycles. The number of benzene rings is 2. The second kappa shape index (κ2) is 8.42. The zero-order chi connectivity index (χ0) is 21.1. The van der Waals surface area contributed by atoms with Crippen molar-refractivity contribution in [2.75, 3.05) is 33.4 Å². The first-order valence-corrected chi connectivity index (χ1v) is 10.3. The second-order valence-corrected chi connectivity index (χ2v) is 8.32. The van der Waals surface area contributed by atoms with Gasteiger partial charge < -0.3 is 4.74 Å². The summed E-state index contributed by atoms with van der Waals surface area (Å²) in [6.07, 6.45) is -4.48. The number of amidine groups is 1. The van der Waals surface area contributed by atoms with Crippen molar-refractivity contribution in [3.8, 4) is 0 Å². The van der Waals surface area contributed by atoms with Crippen molar-refractivity contribution in [2.24, 2.45) is 5.10 Å². The molecule has 156 valence electrons. The highest BCUT2D eigenvalue weighted by molar-refractivity contribution is 7.89. The Bertz CT molecular complexity index is 956. The van der Waals surface area contributed by atoms with Gasteiger partial charge in [-0.15, -0.1) is 0 Å². The zero-order valence-electron chi connectivity index (χ0n) is 15.6. The van der Waals surface area contributed by atoms with Gasteiger partial charge in [0.15, 0.2) is 5.84 Å². The van der Waals surface area contributed by atoms with Crippen molar-refractivity contribution < 1.29 is 26.3 Å². The summed E-state index contributed by atoms with van der Waals surface area (Å²) < 4.78 is 71.0. The van der Waals surface area contributed by atoms with Gasteiger partial charge >= 0.3 is 6.18 Å². The summed E-state index contributed by atoms with van der Waals surface area (Å²) in [7, 11) is -2.62. The molecule has 1 heterocycles. The average Bonchev–Trinajstić information content (AvgIpc) is 2.72. The number of sulfonamides is 1. The summed E-state index contributed by atoms with van der Waals surface area (Å²) >= 11 is 0. The van der Waals surface area contributed by atoms with Crippen LogP contribution < -0.4 is 0 Å². The summed E-state index contributed by atoms with van der Waals surface area (Å²) in [5.41, 5.74) is -0.563. The Hall–Kier alpha value is -2.59. The lowest BCUT2D eigenvalue weighted by molar-refractivity contribution is -0.137. The molecule has 0 unspecified atom stereocenters. The Morgan fingerprint density at radius 1 is 1.03 bits per heavy atom. The highest BCUT2D eigenvalue weighted by atomic mass is 32.2. The number of ether oxygens (including phenoxy) is 1. The monoisotopic (exact) mass is 427 g/mol.